The van der Waals surface area contributed by atoms with Gasteiger partial charge in [0.15, 0.2) is 0 Å². The van der Waals surface area contributed by atoms with E-state index in [9.17, 15) is 22.8 Å². The highest BCUT2D eigenvalue weighted by molar-refractivity contribution is 6.09. The molecular formula is C21H23F3N4O2. The molecule has 2 aromatic carbocycles. The fourth-order valence-corrected chi connectivity index (χ4v) is 3.15. The van der Waals surface area contributed by atoms with Crippen molar-refractivity contribution in [3.63, 3.8) is 0 Å². The first kappa shape index (κ1) is 21.8. The zero-order chi connectivity index (χ0) is 21.6. The molecule has 6 nitrogen and oxygen atoms in total. The van der Waals surface area contributed by atoms with Crippen molar-refractivity contribution in [1.29, 1.82) is 0 Å². The highest BCUT2D eigenvalue weighted by Crippen LogP contribution is 2.29. The van der Waals surface area contributed by atoms with Crippen LogP contribution in [0.2, 0.25) is 0 Å². The highest BCUT2D eigenvalue weighted by atomic mass is 19.4. The van der Waals surface area contributed by atoms with E-state index in [4.69, 9.17) is 0 Å². The smallest absolute Gasteiger partial charge is 0.351 e. The monoisotopic (exact) mass is 420 g/mol. The van der Waals surface area contributed by atoms with Crippen LogP contribution < -0.4 is 16.0 Å². The summed E-state index contributed by atoms with van der Waals surface area (Å²) < 4.78 is 38.0. The number of amides is 2. The average Bonchev–Trinajstić information content (AvgIpc) is 2.74. The molecule has 0 saturated carbocycles. The molecule has 0 aromatic heterocycles. The van der Waals surface area contributed by atoms with E-state index in [0.717, 1.165) is 57.0 Å². The molecule has 0 bridgehead atoms. The fourth-order valence-electron chi connectivity index (χ4n) is 3.15. The molecule has 3 rings (SSSR count). The lowest BCUT2D eigenvalue weighted by Gasteiger charge is -2.27. The maximum Gasteiger partial charge on any atom is 0.416 e. The zero-order valence-corrected chi connectivity index (χ0v) is 16.3. The molecule has 2 aromatic rings. The number of nitrogens with one attached hydrogen (secondary N) is 3. The first-order valence-corrected chi connectivity index (χ1v) is 9.63. The van der Waals surface area contributed by atoms with Crippen molar-refractivity contribution in [1.82, 2.24) is 15.5 Å². The van der Waals surface area contributed by atoms with Crippen molar-refractivity contribution in [2.24, 2.45) is 0 Å². The van der Waals surface area contributed by atoms with Gasteiger partial charge in [0.1, 0.15) is 0 Å². The van der Waals surface area contributed by atoms with E-state index in [0.29, 0.717) is 12.2 Å². The number of piperazine rings is 1. The van der Waals surface area contributed by atoms with Gasteiger partial charge in [0.2, 0.25) is 0 Å². The quantitative estimate of drug-likeness (QED) is 0.672. The molecule has 1 fully saturated rings. The molecule has 1 aliphatic heterocycles. The van der Waals surface area contributed by atoms with Crippen LogP contribution in [-0.2, 0) is 6.18 Å². The highest BCUT2D eigenvalue weighted by Gasteiger charge is 2.30. The Balaban J connectivity index is 1.61. The van der Waals surface area contributed by atoms with Crippen molar-refractivity contribution < 1.29 is 22.8 Å². The second-order valence-corrected chi connectivity index (χ2v) is 6.92. The molecule has 0 radical (unpaired) electrons. The summed E-state index contributed by atoms with van der Waals surface area (Å²) in [5.74, 6) is -0.918. The molecule has 1 aliphatic rings. The van der Waals surface area contributed by atoms with Crippen LogP contribution in [0.25, 0.3) is 0 Å². The topological polar surface area (TPSA) is 73.5 Å². The lowest BCUT2D eigenvalue weighted by molar-refractivity contribution is -0.137. The number of rotatable bonds is 6. The summed E-state index contributed by atoms with van der Waals surface area (Å²) in [6.07, 6.45) is -4.47. The van der Waals surface area contributed by atoms with Gasteiger partial charge in [-0.15, -0.1) is 0 Å². The maximum atomic E-state index is 12.7. The average molecular weight is 420 g/mol. The summed E-state index contributed by atoms with van der Waals surface area (Å²) in [6.45, 7) is 4.90. The summed E-state index contributed by atoms with van der Waals surface area (Å²) in [5.41, 5.74) is -0.180. The summed E-state index contributed by atoms with van der Waals surface area (Å²) in [6, 6.07) is 10.4. The zero-order valence-electron chi connectivity index (χ0n) is 16.3. The van der Waals surface area contributed by atoms with E-state index < -0.39 is 17.6 Å². The van der Waals surface area contributed by atoms with E-state index in [2.05, 4.69) is 20.9 Å². The molecule has 3 N–H and O–H groups in total. The van der Waals surface area contributed by atoms with Crippen LogP contribution in [0.1, 0.15) is 26.3 Å². The Morgan fingerprint density at radius 2 is 1.63 bits per heavy atom. The number of carbonyl (C=O) groups excluding carboxylic acids is 2. The van der Waals surface area contributed by atoms with Gasteiger partial charge in [0, 0.05) is 44.8 Å². The number of anilines is 1. The number of hydrogen-bond acceptors (Lipinski definition) is 4. The minimum Gasteiger partial charge on any atom is -0.351 e. The van der Waals surface area contributed by atoms with Crippen molar-refractivity contribution in [3.05, 3.63) is 65.2 Å². The van der Waals surface area contributed by atoms with Crippen LogP contribution in [0.4, 0.5) is 18.9 Å². The molecule has 0 spiro atoms. The first-order valence-electron chi connectivity index (χ1n) is 9.63. The Bertz CT molecular complexity index is 879. The van der Waals surface area contributed by atoms with Gasteiger partial charge in [-0.2, -0.15) is 13.2 Å². The second kappa shape index (κ2) is 9.73. The molecular weight excluding hydrogens is 397 g/mol. The minimum atomic E-state index is -4.47. The molecule has 9 heteroatoms. The van der Waals surface area contributed by atoms with Crippen LogP contribution >= 0.6 is 0 Å². The van der Waals surface area contributed by atoms with E-state index in [1.165, 1.54) is 0 Å². The Morgan fingerprint density at radius 3 is 2.30 bits per heavy atom. The van der Waals surface area contributed by atoms with E-state index >= 15 is 0 Å². The van der Waals surface area contributed by atoms with E-state index in [1.807, 2.05) is 0 Å². The Kier molecular flexibility index (Phi) is 7.07. The molecule has 0 aliphatic carbocycles. The minimum absolute atomic E-state index is 0.0666. The number of para-hydroxylation sites is 1. The second-order valence-electron chi connectivity index (χ2n) is 6.92. The van der Waals surface area contributed by atoms with E-state index in [-0.39, 0.29) is 17.0 Å². The lowest BCUT2D eigenvalue weighted by Crippen LogP contribution is -2.46. The number of benzene rings is 2. The normalized spacial score (nSPS) is 14.9. The molecule has 2 amide bonds. The van der Waals surface area contributed by atoms with Crippen LogP contribution in [0.5, 0.6) is 0 Å². The van der Waals surface area contributed by atoms with Gasteiger partial charge in [0.25, 0.3) is 11.8 Å². The van der Waals surface area contributed by atoms with Gasteiger partial charge >= 0.3 is 6.18 Å². The largest absolute Gasteiger partial charge is 0.416 e. The van der Waals surface area contributed by atoms with Crippen LogP contribution in [-0.4, -0.2) is 56.0 Å². The molecule has 30 heavy (non-hydrogen) atoms. The Labute approximate surface area is 172 Å². The SMILES string of the molecule is O=C(Nc1ccccc1C(=O)NCCN1CCNCC1)c1ccc(C(F)(F)F)cc1. The number of halogens is 3. The van der Waals surface area contributed by atoms with Gasteiger partial charge in [-0.25, -0.2) is 0 Å². The number of nitrogens with zero attached hydrogens (tertiary/aromatic N) is 1. The standard InChI is InChI=1S/C21H23F3N4O2/c22-21(23,24)16-7-5-15(6-8-16)19(29)27-18-4-2-1-3-17(18)20(30)26-11-14-28-12-9-25-10-13-28/h1-8,25H,9-14H2,(H,26,30)(H,27,29). The van der Waals surface area contributed by atoms with Gasteiger partial charge in [-0.3, -0.25) is 14.5 Å². The van der Waals surface area contributed by atoms with Crippen molar-refractivity contribution in [2.75, 3.05) is 44.6 Å². The molecule has 1 saturated heterocycles. The number of alkyl halides is 3. The molecule has 0 atom stereocenters. The Morgan fingerprint density at radius 1 is 0.967 bits per heavy atom. The van der Waals surface area contributed by atoms with Crippen molar-refractivity contribution in [3.8, 4) is 0 Å². The van der Waals surface area contributed by atoms with Crippen molar-refractivity contribution in [2.45, 2.75) is 6.18 Å². The van der Waals surface area contributed by atoms with Crippen molar-refractivity contribution >= 4 is 17.5 Å². The van der Waals surface area contributed by atoms with Gasteiger partial charge in [-0.1, -0.05) is 12.1 Å². The van der Waals surface area contributed by atoms with E-state index in [1.54, 1.807) is 24.3 Å². The number of hydrogen-bond donors (Lipinski definition) is 3. The Hall–Kier alpha value is -2.91. The molecule has 0 unspecified atom stereocenters. The molecule has 1 heterocycles. The lowest BCUT2D eigenvalue weighted by atomic mass is 10.1. The fraction of sp³-hybridized carbons (Fsp3) is 0.333. The summed E-state index contributed by atoms with van der Waals surface area (Å²) in [4.78, 5) is 27.2. The summed E-state index contributed by atoms with van der Waals surface area (Å²) in [7, 11) is 0. The van der Waals surface area contributed by atoms with Crippen LogP contribution in [0.3, 0.4) is 0 Å². The van der Waals surface area contributed by atoms with Gasteiger partial charge < -0.3 is 16.0 Å². The third kappa shape index (κ3) is 5.80. The maximum absolute atomic E-state index is 12.7. The predicted octanol–water partition coefficient (Wildman–Crippen LogP) is 2.59. The summed E-state index contributed by atoms with van der Waals surface area (Å²) >= 11 is 0. The third-order valence-corrected chi connectivity index (χ3v) is 4.82. The van der Waals surface area contributed by atoms with Gasteiger partial charge in [0.05, 0.1) is 16.8 Å². The third-order valence-electron chi connectivity index (χ3n) is 4.82. The first-order chi connectivity index (χ1) is 14.3. The molecule has 160 valence electrons. The van der Waals surface area contributed by atoms with Crippen LogP contribution in [0, 0.1) is 0 Å². The van der Waals surface area contributed by atoms with Crippen LogP contribution in [0.15, 0.2) is 48.5 Å². The summed E-state index contributed by atoms with van der Waals surface area (Å²) in [5, 5.41) is 8.72. The van der Waals surface area contributed by atoms with Gasteiger partial charge in [-0.05, 0) is 36.4 Å². The predicted molar refractivity (Wildman–Crippen MR) is 107 cm³/mol. The number of carbonyl (C=O) groups is 2.